The Morgan fingerprint density at radius 2 is 1.95 bits per heavy atom. The number of rotatable bonds is 2. The molecular weight excluding hydrogens is 340 g/mol. The quantitative estimate of drug-likeness (QED) is 0.756. The maximum absolute atomic E-state index is 6.07. The molecule has 3 rings (SSSR count). The van der Waals surface area contributed by atoms with Crippen molar-refractivity contribution in [2.45, 2.75) is 0 Å². The number of hydrogen-bond donors (Lipinski definition) is 1. The van der Waals surface area contributed by atoms with Gasteiger partial charge in [-0.3, -0.25) is 0 Å². The molecule has 0 fully saturated rings. The van der Waals surface area contributed by atoms with Gasteiger partial charge in [0, 0.05) is 29.2 Å². The topological polar surface area (TPSA) is 44.8 Å². The third kappa shape index (κ3) is 2.51. The summed E-state index contributed by atoms with van der Waals surface area (Å²) in [5, 5.41) is 0.664. The van der Waals surface area contributed by atoms with E-state index in [0.29, 0.717) is 10.7 Å². The van der Waals surface area contributed by atoms with Crippen molar-refractivity contribution in [2.24, 2.45) is 0 Å². The lowest BCUT2D eigenvalue weighted by Crippen LogP contribution is -2.10. The van der Waals surface area contributed by atoms with Gasteiger partial charge in [0.1, 0.15) is 11.6 Å². The van der Waals surface area contributed by atoms with Crippen LogP contribution in [0.25, 0.3) is 22.6 Å². The van der Waals surface area contributed by atoms with E-state index in [0.717, 1.165) is 27.2 Å². The zero-order valence-electron chi connectivity index (χ0n) is 11.0. The van der Waals surface area contributed by atoms with Gasteiger partial charge in [-0.25, -0.2) is 9.97 Å². The van der Waals surface area contributed by atoms with Crippen molar-refractivity contribution in [1.29, 1.82) is 0 Å². The predicted molar refractivity (Wildman–Crippen MR) is 86.4 cm³/mol. The first-order chi connectivity index (χ1) is 9.52. The van der Waals surface area contributed by atoms with E-state index < -0.39 is 0 Å². The number of hydrogen-bond acceptors (Lipinski definition) is 3. The summed E-state index contributed by atoms with van der Waals surface area (Å²) >= 11 is 9.51. The van der Waals surface area contributed by atoms with Crippen molar-refractivity contribution in [3.63, 3.8) is 0 Å². The Morgan fingerprint density at radius 3 is 2.65 bits per heavy atom. The van der Waals surface area contributed by atoms with Crippen LogP contribution in [-0.4, -0.2) is 29.0 Å². The summed E-state index contributed by atoms with van der Waals surface area (Å²) in [6, 6.07) is 9.62. The molecule has 4 nitrogen and oxygen atoms in total. The van der Waals surface area contributed by atoms with Crippen LogP contribution in [0.3, 0.4) is 0 Å². The summed E-state index contributed by atoms with van der Waals surface area (Å²) in [7, 11) is 3.91. The van der Waals surface area contributed by atoms with Crippen LogP contribution in [0, 0.1) is 0 Å². The van der Waals surface area contributed by atoms with Crippen molar-refractivity contribution >= 4 is 44.5 Å². The Balaban J connectivity index is 2.12. The normalized spacial score (nSPS) is 11.0. The van der Waals surface area contributed by atoms with Crippen molar-refractivity contribution in [3.05, 3.63) is 39.8 Å². The lowest BCUT2D eigenvalue weighted by atomic mass is 10.2. The number of aromatic nitrogens is 3. The van der Waals surface area contributed by atoms with Gasteiger partial charge >= 0.3 is 0 Å². The van der Waals surface area contributed by atoms with E-state index in [1.165, 1.54) is 0 Å². The number of aromatic amines is 1. The number of H-pyrrole nitrogens is 1. The molecule has 0 bridgehead atoms. The van der Waals surface area contributed by atoms with E-state index in [2.05, 4.69) is 30.9 Å². The van der Waals surface area contributed by atoms with E-state index in [9.17, 15) is 0 Å². The van der Waals surface area contributed by atoms with Crippen LogP contribution >= 0.6 is 27.5 Å². The number of benzene rings is 1. The Labute approximate surface area is 129 Å². The maximum Gasteiger partial charge on any atom is 0.180 e. The molecule has 1 N–H and O–H groups in total. The highest BCUT2D eigenvalue weighted by Crippen LogP contribution is 2.27. The minimum atomic E-state index is 0.664. The molecule has 20 heavy (non-hydrogen) atoms. The first-order valence-electron chi connectivity index (χ1n) is 6.03. The summed E-state index contributed by atoms with van der Waals surface area (Å²) in [5.41, 5.74) is 2.53. The van der Waals surface area contributed by atoms with Crippen LogP contribution < -0.4 is 4.90 Å². The smallest absolute Gasteiger partial charge is 0.180 e. The molecular formula is C14H12BrClN4. The van der Waals surface area contributed by atoms with Crippen LogP contribution in [0.5, 0.6) is 0 Å². The number of nitrogens with zero attached hydrogens (tertiary/aromatic N) is 3. The summed E-state index contributed by atoms with van der Waals surface area (Å²) in [4.78, 5) is 14.2. The second-order valence-electron chi connectivity index (χ2n) is 4.68. The first kappa shape index (κ1) is 13.4. The van der Waals surface area contributed by atoms with E-state index in [4.69, 9.17) is 11.6 Å². The number of anilines is 1. The summed E-state index contributed by atoms with van der Waals surface area (Å²) in [6.07, 6.45) is 0. The Bertz CT molecular complexity index is 762. The van der Waals surface area contributed by atoms with Crippen molar-refractivity contribution < 1.29 is 0 Å². The number of fused-ring (bicyclic) bond motifs is 1. The molecule has 3 aromatic rings. The van der Waals surface area contributed by atoms with E-state index in [-0.39, 0.29) is 0 Å². The third-order valence-electron chi connectivity index (χ3n) is 2.93. The van der Waals surface area contributed by atoms with Gasteiger partial charge in [0.2, 0.25) is 0 Å². The van der Waals surface area contributed by atoms with E-state index in [1.54, 1.807) is 0 Å². The lowest BCUT2D eigenvalue weighted by molar-refractivity contribution is 1.08. The molecule has 0 amide bonds. The molecule has 0 aliphatic rings. The monoisotopic (exact) mass is 350 g/mol. The van der Waals surface area contributed by atoms with E-state index >= 15 is 0 Å². The number of pyridine rings is 1. The average molecular weight is 352 g/mol. The highest BCUT2D eigenvalue weighted by molar-refractivity contribution is 9.10. The zero-order chi connectivity index (χ0) is 14.3. The minimum absolute atomic E-state index is 0.664. The van der Waals surface area contributed by atoms with Crippen LogP contribution in [0.2, 0.25) is 5.02 Å². The predicted octanol–water partition coefficient (Wildman–Crippen LogP) is 4.11. The first-order valence-corrected chi connectivity index (χ1v) is 7.20. The molecule has 0 saturated carbocycles. The lowest BCUT2D eigenvalue weighted by Gasteiger charge is -2.09. The van der Waals surface area contributed by atoms with Gasteiger partial charge in [-0.15, -0.1) is 0 Å². The Hall–Kier alpha value is -1.59. The summed E-state index contributed by atoms with van der Waals surface area (Å²) in [5.74, 6) is 1.63. The largest absolute Gasteiger partial charge is 0.363 e. The van der Waals surface area contributed by atoms with Crippen LogP contribution in [0.4, 0.5) is 5.82 Å². The molecule has 0 atom stereocenters. The van der Waals surface area contributed by atoms with Crippen LogP contribution in [-0.2, 0) is 0 Å². The number of nitrogens with one attached hydrogen (secondary N) is 1. The highest BCUT2D eigenvalue weighted by atomic mass is 79.9. The second kappa shape index (κ2) is 5.07. The van der Waals surface area contributed by atoms with Gasteiger partial charge in [-0.1, -0.05) is 27.5 Å². The van der Waals surface area contributed by atoms with Crippen molar-refractivity contribution in [1.82, 2.24) is 15.0 Å². The van der Waals surface area contributed by atoms with Gasteiger partial charge < -0.3 is 9.88 Å². The van der Waals surface area contributed by atoms with Crippen LogP contribution in [0.15, 0.2) is 34.8 Å². The molecule has 0 saturated heterocycles. The number of halogens is 2. The zero-order valence-corrected chi connectivity index (χ0v) is 13.3. The van der Waals surface area contributed by atoms with Gasteiger partial charge in [-0.05, 0) is 30.3 Å². The Kier molecular flexibility index (Phi) is 3.40. The minimum Gasteiger partial charge on any atom is -0.363 e. The molecule has 0 unspecified atom stereocenters. The summed E-state index contributed by atoms with van der Waals surface area (Å²) < 4.78 is 0.919. The highest BCUT2D eigenvalue weighted by Gasteiger charge is 2.09. The third-order valence-corrected chi connectivity index (χ3v) is 3.60. The summed E-state index contributed by atoms with van der Waals surface area (Å²) in [6.45, 7) is 0. The van der Waals surface area contributed by atoms with Gasteiger partial charge in [0.15, 0.2) is 5.65 Å². The molecule has 0 spiro atoms. The molecule has 0 aliphatic carbocycles. The molecule has 0 radical (unpaired) electrons. The molecule has 102 valence electrons. The Morgan fingerprint density at radius 1 is 1.15 bits per heavy atom. The SMILES string of the molecule is CN(C)c1ccc2[nH]c(-c3cc(Cl)cc(Br)c3)nc2n1. The number of imidazole rings is 1. The molecule has 1 aromatic carbocycles. The van der Waals surface area contributed by atoms with E-state index in [1.807, 2.05) is 49.3 Å². The van der Waals surface area contributed by atoms with Gasteiger partial charge in [0.05, 0.1) is 5.52 Å². The van der Waals surface area contributed by atoms with Crippen molar-refractivity contribution in [3.8, 4) is 11.4 Å². The fourth-order valence-corrected chi connectivity index (χ4v) is 2.82. The molecule has 2 heterocycles. The standard InChI is InChI=1S/C14H12BrClN4/c1-20(2)12-4-3-11-14(18-12)19-13(17-11)8-5-9(15)7-10(16)6-8/h3-7H,1-2H3,(H,17,18,19). The average Bonchev–Trinajstić information content (AvgIpc) is 2.80. The molecule has 0 aliphatic heterocycles. The molecule has 6 heteroatoms. The maximum atomic E-state index is 6.07. The van der Waals surface area contributed by atoms with Crippen LogP contribution in [0.1, 0.15) is 0 Å². The van der Waals surface area contributed by atoms with Gasteiger partial charge in [0.25, 0.3) is 0 Å². The fraction of sp³-hybridized carbons (Fsp3) is 0.143. The second-order valence-corrected chi connectivity index (χ2v) is 6.03. The molecule has 2 aromatic heterocycles. The fourth-order valence-electron chi connectivity index (χ4n) is 1.96. The van der Waals surface area contributed by atoms with Crippen molar-refractivity contribution in [2.75, 3.05) is 19.0 Å². The van der Waals surface area contributed by atoms with Gasteiger partial charge in [-0.2, -0.15) is 0 Å².